The van der Waals surface area contributed by atoms with E-state index < -0.39 is 5.54 Å². The Morgan fingerprint density at radius 1 is 0.688 bits per heavy atom. The predicted octanol–water partition coefficient (Wildman–Crippen LogP) is 9.62. The Labute approximate surface area is 279 Å². The highest BCUT2D eigenvalue weighted by molar-refractivity contribution is 6.17. The lowest BCUT2D eigenvalue weighted by atomic mass is 9.75. The molecule has 0 fully saturated rings. The number of carbonyl (C=O) groups is 1. The number of anilines is 2. The predicted molar refractivity (Wildman–Crippen MR) is 194 cm³/mol. The molecule has 2 N–H and O–H groups in total. The van der Waals surface area contributed by atoms with Crippen LogP contribution in [0, 0.1) is 6.92 Å². The molecule has 1 spiro atoms. The highest BCUT2D eigenvalue weighted by atomic mass is 16.5. The molecule has 48 heavy (non-hydrogen) atoms. The lowest BCUT2D eigenvalue weighted by Crippen LogP contribution is -2.49. The largest absolute Gasteiger partial charge is 0.497 e. The summed E-state index contributed by atoms with van der Waals surface area (Å²) in [5, 5.41) is 4.97. The first-order valence-electron chi connectivity index (χ1n) is 16.3. The summed E-state index contributed by atoms with van der Waals surface area (Å²) in [6.45, 7) is 2.16. The quantitative estimate of drug-likeness (QED) is 0.201. The van der Waals surface area contributed by atoms with Gasteiger partial charge in [0.2, 0.25) is 0 Å². The average Bonchev–Trinajstić information content (AvgIpc) is 3.61. The Morgan fingerprint density at radius 3 is 2.04 bits per heavy atom. The molecular formula is C43H33N3O2. The number of fused-ring (bicyclic) bond motifs is 8. The summed E-state index contributed by atoms with van der Waals surface area (Å²) in [5.41, 5.74) is 11.1. The third-order valence-electron chi connectivity index (χ3n) is 10.1. The molecule has 0 saturated heterocycles. The van der Waals surface area contributed by atoms with Crippen LogP contribution in [-0.4, -0.2) is 18.0 Å². The molecule has 2 aliphatic rings. The molecule has 7 aromatic rings. The van der Waals surface area contributed by atoms with Gasteiger partial charge in [0, 0.05) is 39.0 Å². The van der Waals surface area contributed by atoms with Crippen molar-refractivity contribution in [3.63, 3.8) is 0 Å². The summed E-state index contributed by atoms with van der Waals surface area (Å²) in [7, 11) is 1.68. The summed E-state index contributed by atoms with van der Waals surface area (Å²) in [5.74, 6) is 0.814. The molecule has 5 heteroatoms. The molecule has 5 nitrogen and oxygen atoms in total. The Balaban J connectivity index is 1.31. The van der Waals surface area contributed by atoms with Gasteiger partial charge in [0.1, 0.15) is 5.75 Å². The first-order chi connectivity index (χ1) is 23.6. The number of aryl methyl sites for hydroxylation is 1. The number of nitrogens with zero attached hydrogens (tertiary/aromatic N) is 1. The van der Waals surface area contributed by atoms with Crippen molar-refractivity contribution < 1.29 is 9.53 Å². The van der Waals surface area contributed by atoms with Crippen LogP contribution in [0.4, 0.5) is 11.4 Å². The average molecular weight is 624 g/mol. The summed E-state index contributed by atoms with van der Waals surface area (Å²) < 4.78 is 5.43. The molecule has 0 aliphatic carbocycles. The van der Waals surface area contributed by atoms with Gasteiger partial charge in [0.25, 0.3) is 5.91 Å². The molecule has 0 saturated carbocycles. The molecular weight excluding hydrogens is 590 g/mol. The number of carbonyl (C=O) groups excluding carboxylic acids is 1. The number of amides is 1. The monoisotopic (exact) mass is 623 g/mol. The normalized spacial score (nSPS) is 16.1. The van der Waals surface area contributed by atoms with Crippen molar-refractivity contribution in [1.82, 2.24) is 4.98 Å². The van der Waals surface area contributed by atoms with Crippen molar-refractivity contribution in [3.8, 4) is 28.1 Å². The number of aromatic amines is 1. The Morgan fingerprint density at radius 2 is 1.33 bits per heavy atom. The van der Waals surface area contributed by atoms with Crippen molar-refractivity contribution in [3.05, 3.63) is 173 Å². The molecule has 0 radical (unpaired) electrons. The third kappa shape index (κ3) is 3.94. The number of ether oxygens (including phenoxy) is 1. The maximum atomic E-state index is 15.6. The minimum Gasteiger partial charge on any atom is -0.497 e. The zero-order valence-corrected chi connectivity index (χ0v) is 26.7. The highest BCUT2D eigenvalue weighted by Crippen LogP contribution is 2.57. The number of hydrogen-bond donors (Lipinski definition) is 2. The number of methoxy groups -OCH3 is 1. The van der Waals surface area contributed by atoms with Gasteiger partial charge in [-0.15, -0.1) is 0 Å². The molecule has 1 unspecified atom stereocenters. The highest BCUT2D eigenvalue weighted by Gasteiger charge is 2.57. The molecule has 9 rings (SSSR count). The van der Waals surface area contributed by atoms with Crippen molar-refractivity contribution in [2.24, 2.45) is 0 Å². The Hall–Kier alpha value is -6.07. The lowest BCUT2D eigenvalue weighted by molar-refractivity contribution is -0.121. The van der Waals surface area contributed by atoms with Gasteiger partial charge in [-0.1, -0.05) is 109 Å². The van der Waals surface area contributed by atoms with Crippen LogP contribution in [0.15, 0.2) is 146 Å². The van der Waals surface area contributed by atoms with E-state index in [-0.39, 0.29) is 11.9 Å². The van der Waals surface area contributed by atoms with Crippen LogP contribution in [0.3, 0.4) is 0 Å². The fraction of sp³-hybridized carbons (Fsp3) is 0.0930. The molecule has 1 aromatic heterocycles. The SMILES string of the molecule is COc1ccc(-c2[nH]c3c4c(ccc3c2C)C2(Nc3ccccc3-4)C(=O)N(C(c3ccccc3)c3ccccc3)c3ccccc32)cc1. The zero-order chi connectivity index (χ0) is 32.4. The number of para-hydroxylation sites is 2. The molecule has 1 amide bonds. The van der Waals surface area contributed by atoms with E-state index in [0.717, 1.165) is 78.2 Å². The van der Waals surface area contributed by atoms with Crippen LogP contribution >= 0.6 is 0 Å². The molecule has 6 aromatic carbocycles. The van der Waals surface area contributed by atoms with E-state index in [1.165, 1.54) is 0 Å². The molecule has 3 heterocycles. The van der Waals surface area contributed by atoms with E-state index >= 15 is 4.79 Å². The number of hydrogen-bond acceptors (Lipinski definition) is 3. The standard InChI is InChI=1S/C43H33N3O2/c1-27-32-25-26-35-38(40(32)44-39(27)28-21-23-31(48-2)24-22-28)33-17-9-11-19-36(33)45-43(35)34-18-10-12-20-37(34)46(42(43)47)41(29-13-5-3-6-14-29)30-15-7-4-8-16-30/h3-26,41,44-45H,1-2H3. The molecule has 2 aliphatic heterocycles. The number of benzene rings is 6. The maximum absolute atomic E-state index is 15.6. The summed E-state index contributed by atoms with van der Waals surface area (Å²) >= 11 is 0. The Bertz CT molecular complexity index is 2310. The maximum Gasteiger partial charge on any atom is 0.263 e. The Kier molecular flexibility index (Phi) is 6.31. The van der Waals surface area contributed by atoms with Gasteiger partial charge in [0.15, 0.2) is 5.54 Å². The third-order valence-corrected chi connectivity index (χ3v) is 10.1. The van der Waals surface area contributed by atoms with E-state index in [4.69, 9.17) is 4.74 Å². The second-order valence-corrected chi connectivity index (χ2v) is 12.6. The van der Waals surface area contributed by atoms with Crippen LogP contribution < -0.4 is 15.0 Å². The zero-order valence-electron chi connectivity index (χ0n) is 26.7. The fourth-order valence-corrected chi connectivity index (χ4v) is 7.92. The smallest absolute Gasteiger partial charge is 0.263 e. The fourth-order valence-electron chi connectivity index (χ4n) is 7.92. The van der Waals surface area contributed by atoms with Gasteiger partial charge in [0.05, 0.1) is 24.4 Å². The molecule has 0 bridgehead atoms. The van der Waals surface area contributed by atoms with Gasteiger partial charge in [-0.25, -0.2) is 0 Å². The van der Waals surface area contributed by atoms with E-state index in [1.807, 2.05) is 71.6 Å². The second-order valence-electron chi connectivity index (χ2n) is 12.6. The minimum absolute atomic E-state index is 0.00448. The minimum atomic E-state index is -1.14. The van der Waals surface area contributed by atoms with Crippen LogP contribution in [-0.2, 0) is 10.3 Å². The van der Waals surface area contributed by atoms with Gasteiger partial charge < -0.3 is 15.0 Å². The lowest BCUT2D eigenvalue weighted by Gasteiger charge is -2.39. The van der Waals surface area contributed by atoms with Crippen molar-refractivity contribution in [2.45, 2.75) is 18.5 Å². The van der Waals surface area contributed by atoms with Crippen molar-refractivity contribution in [2.75, 3.05) is 17.3 Å². The first kappa shape index (κ1) is 28.2. The van der Waals surface area contributed by atoms with Crippen LogP contribution in [0.25, 0.3) is 33.3 Å². The van der Waals surface area contributed by atoms with Gasteiger partial charge >= 0.3 is 0 Å². The van der Waals surface area contributed by atoms with Gasteiger partial charge in [-0.2, -0.15) is 0 Å². The van der Waals surface area contributed by atoms with Crippen LogP contribution in [0.1, 0.15) is 33.9 Å². The second kappa shape index (κ2) is 10.7. The van der Waals surface area contributed by atoms with E-state index in [9.17, 15) is 0 Å². The molecule has 232 valence electrons. The van der Waals surface area contributed by atoms with Crippen molar-refractivity contribution >= 4 is 28.2 Å². The number of H-pyrrole nitrogens is 1. The van der Waals surface area contributed by atoms with Crippen LogP contribution in [0.2, 0.25) is 0 Å². The van der Waals surface area contributed by atoms with Crippen molar-refractivity contribution in [1.29, 1.82) is 0 Å². The number of nitrogens with one attached hydrogen (secondary N) is 2. The summed E-state index contributed by atoms with van der Waals surface area (Å²) in [4.78, 5) is 21.5. The van der Waals surface area contributed by atoms with Gasteiger partial charge in [-0.3, -0.25) is 9.69 Å². The van der Waals surface area contributed by atoms with E-state index in [1.54, 1.807) is 7.11 Å². The molecule has 1 atom stereocenters. The first-order valence-corrected chi connectivity index (χ1v) is 16.3. The van der Waals surface area contributed by atoms with E-state index in [2.05, 4.69) is 96.1 Å². The summed E-state index contributed by atoms with van der Waals surface area (Å²) in [6, 6.07) is 49.4. The number of aromatic nitrogens is 1. The number of rotatable bonds is 5. The van der Waals surface area contributed by atoms with E-state index in [0.29, 0.717) is 0 Å². The van der Waals surface area contributed by atoms with Crippen LogP contribution in [0.5, 0.6) is 5.75 Å². The topological polar surface area (TPSA) is 57.4 Å². The van der Waals surface area contributed by atoms with Gasteiger partial charge in [-0.05, 0) is 65.6 Å². The summed E-state index contributed by atoms with van der Waals surface area (Å²) in [6.07, 6.45) is 0.